The predicted octanol–water partition coefficient (Wildman–Crippen LogP) is 5.47. The van der Waals surface area contributed by atoms with E-state index in [1.807, 2.05) is 36.0 Å². The van der Waals surface area contributed by atoms with Gasteiger partial charge in [-0.2, -0.15) is 0 Å². The molecule has 0 aromatic heterocycles. The second kappa shape index (κ2) is 11.2. The molecule has 0 bridgehead atoms. The summed E-state index contributed by atoms with van der Waals surface area (Å²) < 4.78 is 5.17. The van der Waals surface area contributed by atoms with Gasteiger partial charge in [0.2, 0.25) is 0 Å². The predicted molar refractivity (Wildman–Crippen MR) is 103 cm³/mol. The van der Waals surface area contributed by atoms with E-state index in [0.29, 0.717) is 0 Å². The molecule has 0 aliphatic rings. The summed E-state index contributed by atoms with van der Waals surface area (Å²) in [6, 6.07) is 16.5. The highest BCUT2D eigenvalue weighted by atomic mass is 32.2. The summed E-state index contributed by atoms with van der Waals surface area (Å²) in [7, 11) is 1.70. The largest absolute Gasteiger partial charge is 0.497 e. The summed E-state index contributed by atoms with van der Waals surface area (Å²) in [5.74, 6) is 2.10. The SMILES string of the molecule is COc1ccc(SCCCCCCCc2ccccc2CO)cc1. The number of benzene rings is 2. The highest BCUT2D eigenvalue weighted by Gasteiger charge is 2.00. The van der Waals surface area contributed by atoms with Gasteiger partial charge in [-0.25, -0.2) is 0 Å². The summed E-state index contributed by atoms with van der Waals surface area (Å²) in [6.07, 6.45) is 7.42. The Labute approximate surface area is 150 Å². The van der Waals surface area contributed by atoms with Gasteiger partial charge in [0.1, 0.15) is 5.75 Å². The van der Waals surface area contributed by atoms with Gasteiger partial charge in [0.25, 0.3) is 0 Å². The van der Waals surface area contributed by atoms with Crippen LogP contribution in [0.3, 0.4) is 0 Å². The Balaban J connectivity index is 1.52. The van der Waals surface area contributed by atoms with Crippen molar-refractivity contribution in [3.63, 3.8) is 0 Å². The number of aryl methyl sites for hydroxylation is 1. The van der Waals surface area contributed by atoms with Crippen molar-refractivity contribution < 1.29 is 9.84 Å². The molecule has 0 aliphatic heterocycles. The molecule has 0 spiro atoms. The molecule has 0 aliphatic carbocycles. The molecule has 2 aromatic rings. The maximum atomic E-state index is 9.33. The van der Waals surface area contributed by atoms with Gasteiger partial charge in [-0.1, -0.05) is 43.5 Å². The van der Waals surface area contributed by atoms with Crippen LogP contribution in [0.5, 0.6) is 5.75 Å². The Morgan fingerprint density at radius 2 is 1.50 bits per heavy atom. The first kappa shape index (κ1) is 18.9. The standard InChI is InChI=1S/C21H28O2S/c1-23-20-12-14-21(15-13-20)24-16-8-4-2-3-5-9-18-10-6-7-11-19(18)17-22/h6-7,10-15,22H,2-5,8-9,16-17H2,1H3. The molecule has 2 nitrogen and oxygen atoms in total. The van der Waals surface area contributed by atoms with Gasteiger partial charge in [0, 0.05) is 4.90 Å². The van der Waals surface area contributed by atoms with Crippen molar-refractivity contribution in [1.82, 2.24) is 0 Å². The van der Waals surface area contributed by atoms with Crippen molar-refractivity contribution in [3.05, 3.63) is 59.7 Å². The van der Waals surface area contributed by atoms with Crippen LogP contribution in [0.1, 0.15) is 43.2 Å². The molecule has 0 fully saturated rings. The first-order valence-electron chi connectivity index (χ1n) is 8.78. The van der Waals surface area contributed by atoms with Gasteiger partial charge in [-0.3, -0.25) is 0 Å². The molecule has 0 radical (unpaired) electrons. The second-order valence-electron chi connectivity index (χ2n) is 5.97. The maximum Gasteiger partial charge on any atom is 0.118 e. The molecular formula is C21H28O2S. The van der Waals surface area contributed by atoms with Crippen molar-refractivity contribution in [2.24, 2.45) is 0 Å². The molecule has 3 heteroatoms. The first-order valence-corrected chi connectivity index (χ1v) is 9.76. The Bertz CT molecular complexity index is 581. The van der Waals surface area contributed by atoms with E-state index in [2.05, 4.69) is 24.3 Å². The first-order chi connectivity index (χ1) is 11.8. The number of rotatable bonds is 11. The van der Waals surface area contributed by atoms with E-state index in [1.54, 1.807) is 7.11 Å². The highest BCUT2D eigenvalue weighted by Crippen LogP contribution is 2.22. The molecule has 2 aromatic carbocycles. The summed E-state index contributed by atoms with van der Waals surface area (Å²) in [5, 5.41) is 9.33. The minimum atomic E-state index is 0.152. The van der Waals surface area contributed by atoms with E-state index < -0.39 is 0 Å². The number of hydrogen-bond acceptors (Lipinski definition) is 3. The Morgan fingerprint density at radius 1 is 0.833 bits per heavy atom. The Kier molecular flexibility index (Phi) is 8.78. The van der Waals surface area contributed by atoms with Crippen LogP contribution >= 0.6 is 11.8 Å². The average molecular weight is 345 g/mol. The van der Waals surface area contributed by atoms with Crippen LogP contribution in [-0.2, 0) is 13.0 Å². The molecule has 0 unspecified atom stereocenters. The smallest absolute Gasteiger partial charge is 0.118 e. The van der Waals surface area contributed by atoms with Crippen molar-refractivity contribution in [3.8, 4) is 5.75 Å². The fourth-order valence-electron chi connectivity index (χ4n) is 2.77. The molecule has 0 saturated heterocycles. The lowest BCUT2D eigenvalue weighted by molar-refractivity contribution is 0.280. The lowest BCUT2D eigenvalue weighted by Crippen LogP contribution is -1.94. The number of aliphatic hydroxyl groups is 1. The van der Waals surface area contributed by atoms with Gasteiger partial charge in [-0.15, -0.1) is 11.8 Å². The minimum absolute atomic E-state index is 0.152. The third-order valence-electron chi connectivity index (χ3n) is 4.21. The summed E-state index contributed by atoms with van der Waals surface area (Å²) in [4.78, 5) is 1.32. The molecule has 0 heterocycles. The second-order valence-corrected chi connectivity index (χ2v) is 7.14. The van der Waals surface area contributed by atoms with Crippen LogP contribution in [-0.4, -0.2) is 18.0 Å². The van der Waals surface area contributed by atoms with Crippen molar-refractivity contribution in [2.75, 3.05) is 12.9 Å². The van der Waals surface area contributed by atoms with E-state index in [1.165, 1.54) is 48.3 Å². The van der Waals surface area contributed by atoms with Crippen LogP contribution in [0.4, 0.5) is 0 Å². The van der Waals surface area contributed by atoms with Gasteiger partial charge in [0.05, 0.1) is 13.7 Å². The van der Waals surface area contributed by atoms with Crippen LogP contribution in [0, 0.1) is 0 Å². The van der Waals surface area contributed by atoms with Crippen molar-refractivity contribution >= 4 is 11.8 Å². The number of methoxy groups -OCH3 is 1. The molecule has 0 saturated carbocycles. The molecule has 1 N–H and O–H groups in total. The summed E-state index contributed by atoms with van der Waals surface area (Å²) in [5.41, 5.74) is 2.38. The summed E-state index contributed by atoms with van der Waals surface area (Å²) >= 11 is 1.92. The van der Waals surface area contributed by atoms with Crippen LogP contribution in [0.15, 0.2) is 53.4 Å². The highest BCUT2D eigenvalue weighted by molar-refractivity contribution is 7.99. The third-order valence-corrected chi connectivity index (χ3v) is 5.31. The normalized spacial score (nSPS) is 10.8. The van der Waals surface area contributed by atoms with Crippen LogP contribution in [0.2, 0.25) is 0 Å². The number of hydrogen-bond donors (Lipinski definition) is 1. The van der Waals surface area contributed by atoms with Gasteiger partial charge in [-0.05, 0) is 60.4 Å². The quantitative estimate of drug-likeness (QED) is 0.433. The fraction of sp³-hybridized carbons (Fsp3) is 0.429. The van der Waals surface area contributed by atoms with Crippen LogP contribution in [0.25, 0.3) is 0 Å². The molecule has 0 amide bonds. The van der Waals surface area contributed by atoms with E-state index in [-0.39, 0.29) is 6.61 Å². The number of aliphatic hydroxyl groups excluding tert-OH is 1. The third kappa shape index (κ3) is 6.58. The number of ether oxygens (including phenoxy) is 1. The summed E-state index contributed by atoms with van der Waals surface area (Å²) in [6.45, 7) is 0.152. The van der Waals surface area contributed by atoms with Gasteiger partial charge >= 0.3 is 0 Å². The Hall–Kier alpha value is -1.45. The van der Waals surface area contributed by atoms with Crippen molar-refractivity contribution in [2.45, 2.75) is 50.0 Å². The molecule has 24 heavy (non-hydrogen) atoms. The number of unbranched alkanes of at least 4 members (excludes halogenated alkanes) is 4. The van der Waals surface area contributed by atoms with E-state index >= 15 is 0 Å². The van der Waals surface area contributed by atoms with E-state index in [0.717, 1.165) is 17.7 Å². The fourth-order valence-corrected chi connectivity index (χ4v) is 3.68. The van der Waals surface area contributed by atoms with E-state index in [9.17, 15) is 5.11 Å². The molecule has 0 atom stereocenters. The molecule has 130 valence electrons. The zero-order valence-corrected chi connectivity index (χ0v) is 15.4. The Morgan fingerprint density at radius 3 is 2.21 bits per heavy atom. The topological polar surface area (TPSA) is 29.5 Å². The molecular weight excluding hydrogens is 316 g/mol. The zero-order valence-electron chi connectivity index (χ0n) is 14.5. The lowest BCUT2D eigenvalue weighted by Gasteiger charge is -2.07. The van der Waals surface area contributed by atoms with Gasteiger partial charge in [0.15, 0.2) is 0 Å². The zero-order chi connectivity index (χ0) is 17.0. The van der Waals surface area contributed by atoms with Crippen molar-refractivity contribution in [1.29, 1.82) is 0 Å². The molecule has 2 rings (SSSR count). The number of thioether (sulfide) groups is 1. The van der Waals surface area contributed by atoms with Crippen LogP contribution < -0.4 is 4.74 Å². The average Bonchev–Trinajstić information content (AvgIpc) is 2.64. The maximum absolute atomic E-state index is 9.33. The van der Waals surface area contributed by atoms with Gasteiger partial charge < -0.3 is 9.84 Å². The lowest BCUT2D eigenvalue weighted by atomic mass is 10.0. The monoisotopic (exact) mass is 344 g/mol. The minimum Gasteiger partial charge on any atom is -0.497 e. The van der Waals surface area contributed by atoms with E-state index in [4.69, 9.17) is 4.74 Å².